The summed E-state index contributed by atoms with van der Waals surface area (Å²) in [5.74, 6) is 1.04. The van der Waals surface area contributed by atoms with Crippen LogP contribution >= 0.6 is 0 Å². The Morgan fingerprint density at radius 1 is 1.29 bits per heavy atom. The molecule has 5 heteroatoms. The van der Waals surface area contributed by atoms with E-state index in [9.17, 15) is 5.11 Å². The molecule has 24 heavy (non-hydrogen) atoms. The molecule has 0 bridgehead atoms. The average molecular weight is 324 g/mol. The number of aliphatic hydroxyl groups excluding tert-OH is 1. The zero-order chi connectivity index (χ0) is 16.9. The third-order valence-electron chi connectivity index (χ3n) is 6.03. The molecule has 1 fully saturated rings. The number of benzene rings is 1. The molecular weight excluding hydrogens is 300 g/mol. The van der Waals surface area contributed by atoms with Gasteiger partial charge in [-0.3, -0.25) is 5.41 Å². The van der Waals surface area contributed by atoms with E-state index in [-0.39, 0.29) is 29.0 Å². The highest BCUT2D eigenvalue weighted by Crippen LogP contribution is 2.50. The molecule has 2 heterocycles. The van der Waals surface area contributed by atoms with Gasteiger partial charge in [-0.05, 0) is 42.7 Å². The quantitative estimate of drug-likeness (QED) is 0.686. The molecule has 126 valence electrons. The van der Waals surface area contributed by atoms with Gasteiger partial charge in [0, 0.05) is 25.2 Å². The first kappa shape index (κ1) is 15.4. The van der Waals surface area contributed by atoms with Crippen LogP contribution in [0.3, 0.4) is 0 Å². The Morgan fingerprint density at radius 2 is 2.00 bits per heavy atom. The standard InChI is InChI=1S/C19H24N4O/c1-12-15(24)10-16(20)22-18(12)23-8-6-19(7-9-23)11-13-4-2-3-5-14(13)17(19)21/h2-5,10,12,17,20,24H,6-9,11,21H2,1H3. The fourth-order valence-corrected chi connectivity index (χ4v) is 4.48. The van der Waals surface area contributed by atoms with E-state index in [1.165, 1.54) is 17.2 Å². The molecule has 0 amide bonds. The van der Waals surface area contributed by atoms with Crippen molar-refractivity contribution >= 4 is 11.7 Å². The van der Waals surface area contributed by atoms with Gasteiger partial charge in [-0.2, -0.15) is 0 Å². The normalized spacial score (nSPS) is 28.6. The number of fused-ring (bicyclic) bond motifs is 1. The van der Waals surface area contributed by atoms with Crippen LogP contribution in [0.4, 0.5) is 0 Å². The van der Waals surface area contributed by atoms with Gasteiger partial charge in [0.15, 0.2) is 0 Å². The van der Waals surface area contributed by atoms with Gasteiger partial charge in [0.2, 0.25) is 0 Å². The maximum Gasteiger partial charge on any atom is 0.149 e. The zero-order valence-electron chi connectivity index (χ0n) is 14.0. The second kappa shape index (κ2) is 5.45. The van der Waals surface area contributed by atoms with Gasteiger partial charge >= 0.3 is 0 Å². The van der Waals surface area contributed by atoms with Crippen molar-refractivity contribution in [3.63, 3.8) is 0 Å². The van der Waals surface area contributed by atoms with E-state index in [1.807, 2.05) is 6.92 Å². The zero-order valence-corrected chi connectivity index (χ0v) is 14.0. The molecule has 4 rings (SSSR count). The van der Waals surface area contributed by atoms with Gasteiger partial charge in [0.05, 0.1) is 5.92 Å². The van der Waals surface area contributed by atoms with E-state index in [0.717, 1.165) is 38.2 Å². The first-order valence-electron chi connectivity index (χ1n) is 8.66. The van der Waals surface area contributed by atoms with Crippen molar-refractivity contribution in [2.24, 2.45) is 22.1 Å². The maximum atomic E-state index is 10.0. The van der Waals surface area contributed by atoms with Crippen molar-refractivity contribution < 1.29 is 5.11 Å². The van der Waals surface area contributed by atoms with E-state index in [0.29, 0.717) is 0 Å². The predicted octanol–water partition coefficient (Wildman–Crippen LogP) is 2.79. The number of nitrogens with one attached hydrogen (secondary N) is 1. The highest BCUT2D eigenvalue weighted by molar-refractivity contribution is 6.05. The molecule has 1 aromatic rings. The second-order valence-electron chi connectivity index (χ2n) is 7.35. The van der Waals surface area contributed by atoms with Crippen LogP contribution in [-0.2, 0) is 6.42 Å². The van der Waals surface area contributed by atoms with Crippen LogP contribution in [0.2, 0.25) is 0 Å². The van der Waals surface area contributed by atoms with Crippen LogP contribution in [0.5, 0.6) is 0 Å². The number of piperidine rings is 1. The number of nitrogens with zero attached hydrogens (tertiary/aromatic N) is 2. The van der Waals surface area contributed by atoms with Gasteiger partial charge in [0.25, 0.3) is 0 Å². The van der Waals surface area contributed by atoms with Crippen molar-refractivity contribution in [1.82, 2.24) is 4.90 Å². The van der Waals surface area contributed by atoms with E-state index in [4.69, 9.17) is 11.1 Å². The molecule has 0 saturated carbocycles. The van der Waals surface area contributed by atoms with Crippen LogP contribution in [0.15, 0.2) is 41.1 Å². The molecule has 2 unspecified atom stereocenters. The average Bonchev–Trinajstić information content (AvgIpc) is 2.84. The van der Waals surface area contributed by atoms with Gasteiger partial charge in [-0.1, -0.05) is 24.3 Å². The summed E-state index contributed by atoms with van der Waals surface area (Å²) in [7, 11) is 0. The van der Waals surface area contributed by atoms with E-state index < -0.39 is 0 Å². The number of amidine groups is 2. The summed E-state index contributed by atoms with van der Waals surface area (Å²) in [4.78, 5) is 6.59. The van der Waals surface area contributed by atoms with Crippen LogP contribution in [-0.4, -0.2) is 34.8 Å². The van der Waals surface area contributed by atoms with Crippen molar-refractivity contribution in [2.75, 3.05) is 13.1 Å². The van der Waals surface area contributed by atoms with Crippen LogP contribution in [0.25, 0.3) is 0 Å². The number of aliphatic imine (C=N–C) groups is 1. The molecule has 2 atom stereocenters. The number of hydrogen-bond donors (Lipinski definition) is 3. The molecule has 4 N–H and O–H groups in total. The monoisotopic (exact) mass is 324 g/mol. The highest BCUT2D eigenvalue weighted by atomic mass is 16.3. The van der Waals surface area contributed by atoms with Crippen molar-refractivity contribution in [2.45, 2.75) is 32.2 Å². The number of aliphatic hydroxyl groups is 1. The van der Waals surface area contributed by atoms with Gasteiger partial charge in [-0.15, -0.1) is 0 Å². The molecule has 0 aromatic heterocycles. The SMILES string of the molecule is CC1C(O)=CC(=N)N=C1N1CCC2(CC1)Cc1ccccc1C2N. The Balaban J connectivity index is 1.51. The van der Waals surface area contributed by atoms with Crippen molar-refractivity contribution in [3.8, 4) is 0 Å². The summed E-state index contributed by atoms with van der Waals surface area (Å²) in [5.41, 5.74) is 9.46. The Morgan fingerprint density at radius 3 is 2.71 bits per heavy atom. The second-order valence-corrected chi connectivity index (χ2v) is 7.35. The van der Waals surface area contributed by atoms with Crippen molar-refractivity contribution in [3.05, 3.63) is 47.2 Å². The van der Waals surface area contributed by atoms with Gasteiger partial charge in [0.1, 0.15) is 17.4 Å². The number of dihydropyridines is 1. The highest BCUT2D eigenvalue weighted by Gasteiger charge is 2.46. The molecule has 3 aliphatic rings. The molecule has 2 aliphatic heterocycles. The van der Waals surface area contributed by atoms with E-state index in [1.54, 1.807) is 0 Å². The molecular formula is C19H24N4O. The number of rotatable bonds is 0. The Kier molecular flexibility index (Phi) is 3.49. The Labute approximate surface area is 142 Å². The maximum absolute atomic E-state index is 10.0. The molecule has 0 radical (unpaired) electrons. The van der Waals surface area contributed by atoms with Gasteiger partial charge in [-0.25, -0.2) is 4.99 Å². The predicted molar refractivity (Wildman–Crippen MR) is 95.4 cm³/mol. The molecule has 1 aromatic carbocycles. The molecule has 1 aliphatic carbocycles. The summed E-state index contributed by atoms with van der Waals surface area (Å²) in [6, 6.07) is 8.64. The number of likely N-dealkylation sites (tertiary alicyclic amines) is 1. The lowest BCUT2D eigenvalue weighted by Crippen LogP contribution is -2.48. The summed E-state index contributed by atoms with van der Waals surface area (Å²) in [6.45, 7) is 3.70. The lowest BCUT2D eigenvalue weighted by atomic mass is 9.73. The molecule has 1 spiro atoms. The van der Waals surface area contributed by atoms with E-state index >= 15 is 0 Å². The summed E-state index contributed by atoms with van der Waals surface area (Å²) >= 11 is 0. The fraction of sp³-hybridized carbons (Fsp3) is 0.474. The lowest BCUT2D eigenvalue weighted by molar-refractivity contribution is 0.124. The molecule has 5 nitrogen and oxygen atoms in total. The topological polar surface area (TPSA) is 85.7 Å². The minimum atomic E-state index is -0.136. The van der Waals surface area contributed by atoms with E-state index in [2.05, 4.69) is 34.2 Å². The third kappa shape index (κ3) is 2.26. The van der Waals surface area contributed by atoms with Crippen LogP contribution in [0.1, 0.15) is 36.9 Å². The minimum Gasteiger partial charge on any atom is -0.511 e. The van der Waals surface area contributed by atoms with Gasteiger partial charge < -0.3 is 15.7 Å². The Bertz CT molecular complexity index is 743. The fourth-order valence-electron chi connectivity index (χ4n) is 4.48. The minimum absolute atomic E-state index is 0.105. The van der Waals surface area contributed by atoms with Crippen LogP contribution < -0.4 is 5.73 Å². The summed E-state index contributed by atoms with van der Waals surface area (Å²) in [6.07, 6.45) is 4.53. The van der Waals surface area contributed by atoms with Crippen LogP contribution in [0, 0.1) is 16.7 Å². The largest absolute Gasteiger partial charge is 0.511 e. The molecule has 1 saturated heterocycles. The summed E-state index contributed by atoms with van der Waals surface area (Å²) < 4.78 is 0. The smallest absolute Gasteiger partial charge is 0.149 e. The van der Waals surface area contributed by atoms with Crippen molar-refractivity contribution in [1.29, 1.82) is 5.41 Å². The third-order valence-corrected chi connectivity index (χ3v) is 6.03. The first-order chi connectivity index (χ1) is 11.5. The first-order valence-corrected chi connectivity index (χ1v) is 8.66. The number of hydrogen-bond acceptors (Lipinski definition) is 4. The lowest BCUT2D eigenvalue weighted by Gasteiger charge is -2.44. The Hall–Kier alpha value is -2.14. The summed E-state index contributed by atoms with van der Waals surface area (Å²) in [5, 5.41) is 17.8. The number of nitrogens with two attached hydrogens (primary N) is 1.